The molecule has 0 aliphatic rings. The zero-order valence-electron chi connectivity index (χ0n) is 10.3. The predicted molar refractivity (Wildman–Crippen MR) is 64.1 cm³/mol. The van der Waals surface area contributed by atoms with Crippen LogP contribution in [0.2, 0.25) is 0 Å². The number of likely N-dealkylation sites (N-methyl/N-ethyl adjacent to an activating group) is 1. The third kappa shape index (κ3) is 3.34. The Bertz CT molecular complexity index is 276. The van der Waals surface area contributed by atoms with E-state index in [2.05, 4.69) is 48.1 Å². The molecule has 0 saturated carbocycles. The summed E-state index contributed by atoms with van der Waals surface area (Å²) in [6.07, 6.45) is 5.39. The quantitative estimate of drug-likeness (QED) is 0.779. The number of nitrogens with zero attached hydrogens (tertiary/aromatic N) is 2. The first-order chi connectivity index (χ1) is 7.21. The minimum atomic E-state index is 0.508. The zero-order chi connectivity index (χ0) is 11.3. The summed E-state index contributed by atoms with van der Waals surface area (Å²) in [7, 11) is 2.01. The van der Waals surface area contributed by atoms with Gasteiger partial charge in [0.2, 0.25) is 0 Å². The summed E-state index contributed by atoms with van der Waals surface area (Å²) < 4.78 is 2.07. The monoisotopic (exact) mass is 209 g/mol. The first-order valence-electron chi connectivity index (χ1n) is 5.92. The molecule has 0 aromatic carbocycles. The summed E-state index contributed by atoms with van der Waals surface area (Å²) in [6.45, 7) is 6.59. The van der Waals surface area contributed by atoms with Crippen molar-refractivity contribution in [3.05, 3.63) is 18.0 Å². The normalized spacial score (nSPS) is 15.2. The van der Waals surface area contributed by atoms with Gasteiger partial charge in [0.25, 0.3) is 0 Å². The summed E-state index contributed by atoms with van der Waals surface area (Å²) in [4.78, 5) is 0. The van der Waals surface area contributed by atoms with Crippen molar-refractivity contribution >= 4 is 0 Å². The Kier molecular flexibility index (Phi) is 4.82. The van der Waals surface area contributed by atoms with E-state index in [9.17, 15) is 0 Å². The van der Waals surface area contributed by atoms with E-state index < -0.39 is 0 Å². The van der Waals surface area contributed by atoms with Crippen molar-refractivity contribution in [2.45, 2.75) is 52.1 Å². The van der Waals surface area contributed by atoms with Crippen LogP contribution in [-0.4, -0.2) is 22.9 Å². The average molecular weight is 209 g/mol. The zero-order valence-corrected chi connectivity index (χ0v) is 10.3. The van der Waals surface area contributed by atoms with Crippen molar-refractivity contribution in [1.29, 1.82) is 0 Å². The van der Waals surface area contributed by atoms with E-state index in [4.69, 9.17) is 0 Å². The van der Waals surface area contributed by atoms with E-state index in [-0.39, 0.29) is 0 Å². The molecule has 0 fully saturated rings. The molecule has 0 radical (unpaired) electrons. The van der Waals surface area contributed by atoms with Crippen LogP contribution in [-0.2, 0) is 6.42 Å². The van der Waals surface area contributed by atoms with Gasteiger partial charge in [0, 0.05) is 24.7 Å². The Morgan fingerprint density at radius 3 is 2.67 bits per heavy atom. The number of rotatable bonds is 6. The molecule has 0 saturated heterocycles. The fraction of sp³-hybridized carbons (Fsp3) is 0.750. The molecule has 0 bridgehead atoms. The van der Waals surface area contributed by atoms with E-state index >= 15 is 0 Å². The van der Waals surface area contributed by atoms with Gasteiger partial charge in [-0.15, -0.1) is 0 Å². The van der Waals surface area contributed by atoms with Gasteiger partial charge < -0.3 is 5.32 Å². The highest BCUT2D eigenvalue weighted by Gasteiger charge is 2.08. The van der Waals surface area contributed by atoms with Gasteiger partial charge >= 0.3 is 0 Å². The van der Waals surface area contributed by atoms with Crippen LogP contribution in [0.1, 0.15) is 45.3 Å². The van der Waals surface area contributed by atoms with Gasteiger partial charge in [-0.25, -0.2) is 0 Å². The number of nitrogens with one attached hydrogen (secondary N) is 1. The van der Waals surface area contributed by atoms with Crippen LogP contribution in [0.25, 0.3) is 0 Å². The van der Waals surface area contributed by atoms with Gasteiger partial charge in [-0.2, -0.15) is 5.10 Å². The number of hydrogen-bond acceptors (Lipinski definition) is 2. The van der Waals surface area contributed by atoms with Crippen molar-refractivity contribution in [3.63, 3.8) is 0 Å². The van der Waals surface area contributed by atoms with Gasteiger partial charge in [-0.3, -0.25) is 4.68 Å². The number of hydrogen-bond donors (Lipinski definition) is 1. The molecule has 1 aromatic rings. The molecular weight excluding hydrogens is 186 g/mol. The lowest BCUT2D eigenvalue weighted by Gasteiger charge is -2.12. The van der Waals surface area contributed by atoms with E-state index in [1.807, 2.05) is 7.05 Å². The molecule has 1 N–H and O–H groups in total. The maximum atomic E-state index is 4.59. The van der Waals surface area contributed by atoms with Crippen molar-refractivity contribution in [1.82, 2.24) is 15.1 Å². The average Bonchev–Trinajstić information content (AvgIpc) is 2.73. The summed E-state index contributed by atoms with van der Waals surface area (Å²) in [5.41, 5.74) is 1.19. The molecule has 86 valence electrons. The van der Waals surface area contributed by atoms with E-state index in [1.165, 1.54) is 5.69 Å². The minimum absolute atomic E-state index is 0.508. The first-order valence-corrected chi connectivity index (χ1v) is 5.92. The summed E-state index contributed by atoms with van der Waals surface area (Å²) in [5, 5.41) is 7.90. The molecule has 3 nitrogen and oxygen atoms in total. The first kappa shape index (κ1) is 12.2. The smallest absolute Gasteiger partial charge is 0.0640 e. The van der Waals surface area contributed by atoms with Gasteiger partial charge in [-0.1, -0.05) is 13.8 Å². The molecule has 1 aromatic heterocycles. The van der Waals surface area contributed by atoms with E-state index in [1.54, 1.807) is 0 Å². The lowest BCUT2D eigenvalue weighted by molar-refractivity contribution is 0.466. The molecule has 15 heavy (non-hydrogen) atoms. The highest BCUT2D eigenvalue weighted by molar-refractivity contribution is 5.02. The maximum Gasteiger partial charge on any atom is 0.0640 e. The second-order valence-corrected chi connectivity index (χ2v) is 4.14. The lowest BCUT2D eigenvalue weighted by atomic mass is 10.1. The van der Waals surface area contributed by atoms with Gasteiger partial charge in [0.05, 0.1) is 5.69 Å². The molecule has 1 heterocycles. The summed E-state index contributed by atoms with van der Waals surface area (Å²) in [6, 6.07) is 3.19. The van der Waals surface area contributed by atoms with Crippen molar-refractivity contribution in [3.8, 4) is 0 Å². The third-order valence-corrected chi connectivity index (χ3v) is 3.06. The molecule has 0 amide bonds. The molecule has 1 rings (SSSR count). The molecule has 0 spiro atoms. The minimum Gasteiger partial charge on any atom is -0.317 e. The Hall–Kier alpha value is -0.830. The van der Waals surface area contributed by atoms with E-state index in [0.717, 1.165) is 19.3 Å². The molecule has 0 aliphatic carbocycles. The van der Waals surface area contributed by atoms with Crippen molar-refractivity contribution in [2.24, 2.45) is 0 Å². The lowest BCUT2D eigenvalue weighted by Crippen LogP contribution is -2.26. The fourth-order valence-corrected chi connectivity index (χ4v) is 1.62. The second kappa shape index (κ2) is 5.91. The Morgan fingerprint density at radius 2 is 2.13 bits per heavy atom. The van der Waals surface area contributed by atoms with E-state index in [0.29, 0.717) is 12.1 Å². The van der Waals surface area contributed by atoms with Crippen LogP contribution in [0.4, 0.5) is 0 Å². The van der Waals surface area contributed by atoms with Gasteiger partial charge in [-0.05, 0) is 32.9 Å². The van der Waals surface area contributed by atoms with Crippen LogP contribution < -0.4 is 5.32 Å². The topological polar surface area (TPSA) is 29.9 Å². The standard InChI is InChI=1S/C12H23N3/c1-5-10(3)15-8-7-12(14-15)9-11(6-2)13-4/h7-8,10-11,13H,5-6,9H2,1-4H3. The van der Waals surface area contributed by atoms with Gasteiger partial charge in [0.15, 0.2) is 0 Å². The van der Waals surface area contributed by atoms with Crippen LogP contribution >= 0.6 is 0 Å². The van der Waals surface area contributed by atoms with Crippen molar-refractivity contribution in [2.75, 3.05) is 7.05 Å². The largest absolute Gasteiger partial charge is 0.317 e. The Balaban J connectivity index is 2.59. The highest BCUT2D eigenvalue weighted by Crippen LogP contribution is 2.10. The predicted octanol–water partition coefficient (Wildman–Crippen LogP) is 2.39. The van der Waals surface area contributed by atoms with Crippen molar-refractivity contribution < 1.29 is 0 Å². The van der Waals surface area contributed by atoms with Gasteiger partial charge in [0.1, 0.15) is 0 Å². The van der Waals surface area contributed by atoms with Crippen LogP contribution in [0.15, 0.2) is 12.3 Å². The Morgan fingerprint density at radius 1 is 1.40 bits per heavy atom. The maximum absolute atomic E-state index is 4.59. The van der Waals surface area contributed by atoms with Crippen LogP contribution in [0.5, 0.6) is 0 Å². The molecule has 3 heteroatoms. The van der Waals surface area contributed by atoms with Crippen LogP contribution in [0, 0.1) is 0 Å². The fourth-order valence-electron chi connectivity index (χ4n) is 1.62. The molecule has 0 aliphatic heterocycles. The Labute approximate surface area is 92.9 Å². The highest BCUT2D eigenvalue weighted by atomic mass is 15.3. The summed E-state index contributed by atoms with van der Waals surface area (Å²) >= 11 is 0. The number of aromatic nitrogens is 2. The molecule has 2 unspecified atom stereocenters. The molecular formula is C12H23N3. The SMILES string of the molecule is CCC(Cc1ccn(C(C)CC)n1)NC. The second-order valence-electron chi connectivity index (χ2n) is 4.14. The molecule has 2 atom stereocenters. The summed E-state index contributed by atoms with van der Waals surface area (Å²) in [5.74, 6) is 0. The van der Waals surface area contributed by atoms with Crippen LogP contribution in [0.3, 0.4) is 0 Å². The third-order valence-electron chi connectivity index (χ3n) is 3.06.